The molecule has 2 nitrogen and oxygen atoms in total. The molecular weight excluding hydrogens is 193 g/mol. The molecule has 15 heavy (non-hydrogen) atoms. The van der Waals surface area contributed by atoms with Crippen LogP contribution in [0.2, 0.25) is 0 Å². The highest BCUT2D eigenvalue weighted by Gasteiger charge is 2.02. The van der Waals surface area contributed by atoms with Gasteiger partial charge in [0.2, 0.25) is 0 Å². The number of nitrogens with zero attached hydrogens (tertiary/aromatic N) is 1. The molecule has 0 aliphatic heterocycles. The fourth-order valence-electron chi connectivity index (χ4n) is 1.71. The lowest BCUT2D eigenvalue weighted by atomic mass is 10.1. The fourth-order valence-corrected chi connectivity index (χ4v) is 1.71. The summed E-state index contributed by atoms with van der Waals surface area (Å²) >= 11 is 0. The first-order chi connectivity index (χ1) is 7.22. The van der Waals surface area contributed by atoms with Crippen LogP contribution in [0.1, 0.15) is 5.56 Å². The normalized spacial score (nSPS) is 10.8. The Morgan fingerprint density at radius 1 is 1.33 bits per heavy atom. The number of halogens is 1. The molecule has 0 unspecified atom stereocenters. The second-order valence-electron chi connectivity index (χ2n) is 3.58. The van der Waals surface area contributed by atoms with Crippen molar-refractivity contribution in [3.05, 3.63) is 46.2 Å². The maximum atomic E-state index is 12.3. The molecule has 2 rings (SSSR count). The van der Waals surface area contributed by atoms with Gasteiger partial charge >= 0.3 is 0 Å². The summed E-state index contributed by atoms with van der Waals surface area (Å²) in [7, 11) is 0. The van der Waals surface area contributed by atoms with Crippen LogP contribution in [0.5, 0.6) is 0 Å². The Kier molecular flexibility index (Phi) is 2.54. The summed E-state index contributed by atoms with van der Waals surface area (Å²) in [6.07, 6.45) is 1.64. The molecule has 0 amide bonds. The SMILES string of the molecule is Cc1ccc2c(c1)c(=O)ccn2CCF. The van der Waals surface area contributed by atoms with Crippen molar-refractivity contribution in [3.63, 3.8) is 0 Å². The van der Waals surface area contributed by atoms with Gasteiger partial charge in [-0.25, -0.2) is 4.39 Å². The molecule has 0 fully saturated rings. The Morgan fingerprint density at radius 2 is 2.13 bits per heavy atom. The Morgan fingerprint density at radius 3 is 2.87 bits per heavy atom. The van der Waals surface area contributed by atoms with Gasteiger partial charge in [0.1, 0.15) is 6.67 Å². The van der Waals surface area contributed by atoms with E-state index in [1.165, 1.54) is 6.07 Å². The number of benzene rings is 1. The summed E-state index contributed by atoms with van der Waals surface area (Å²) < 4.78 is 14.0. The van der Waals surface area contributed by atoms with Gasteiger partial charge in [-0.2, -0.15) is 0 Å². The maximum absolute atomic E-state index is 12.3. The van der Waals surface area contributed by atoms with Gasteiger partial charge in [0.05, 0.1) is 12.1 Å². The van der Waals surface area contributed by atoms with Crippen LogP contribution in [0.15, 0.2) is 35.3 Å². The largest absolute Gasteiger partial charge is 0.345 e. The topological polar surface area (TPSA) is 22.0 Å². The van der Waals surface area contributed by atoms with E-state index in [1.807, 2.05) is 25.1 Å². The number of hydrogen-bond acceptors (Lipinski definition) is 1. The predicted octanol–water partition coefficient (Wildman–Crippen LogP) is 2.28. The molecule has 0 aliphatic carbocycles. The summed E-state index contributed by atoms with van der Waals surface area (Å²) in [5.41, 5.74) is 1.83. The molecule has 1 aromatic heterocycles. The number of pyridine rings is 1. The second kappa shape index (κ2) is 3.85. The minimum Gasteiger partial charge on any atom is -0.345 e. The number of hydrogen-bond donors (Lipinski definition) is 0. The Hall–Kier alpha value is -1.64. The Labute approximate surface area is 87.0 Å². The van der Waals surface area contributed by atoms with Crippen molar-refractivity contribution in [3.8, 4) is 0 Å². The van der Waals surface area contributed by atoms with Crippen LogP contribution in [-0.2, 0) is 6.54 Å². The van der Waals surface area contributed by atoms with Gasteiger partial charge in [-0.05, 0) is 19.1 Å². The van der Waals surface area contributed by atoms with Crippen LogP contribution in [-0.4, -0.2) is 11.2 Å². The molecule has 0 aliphatic rings. The average Bonchev–Trinajstić information content (AvgIpc) is 2.23. The minimum atomic E-state index is -0.425. The van der Waals surface area contributed by atoms with Gasteiger partial charge in [0, 0.05) is 17.6 Å². The smallest absolute Gasteiger partial charge is 0.189 e. The lowest BCUT2D eigenvalue weighted by molar-refractivity contribution is 0.450. The van der Waals surface area contributed by atoms with Crippen LogP contribution in [0.4, 0.5) is 4.39 Å². The third-order valence-corrected chi connectivity index (χ3v) is 2.46. The highest BCUT2D eigenvalue weighted by Crippen LogP contribution is 2.12. The van der Waals surface area contributed by atoms with Crippen molar-refractivity contribution in [2.45, 2.75) is 13.5 Å². The van der Waals surface area contributed by atoms with E-state index in [-0.39, 0.29) is 5.43 Å². The van der Waals surface area contributed by atoms with Crippen molar-refractivity contribution in [2.24, 2.45) is 0 Å². The third-order valence-electron chi connectivity index (χ3n) is 2.46. The first-order valence-corrected chi connectivity index (χ1v) is 4.88. The molecule has 0 bridgehead atoms. The van der Waals surface area contributed by atoms with E-state index < -0.39 is 6.67 Å². The third kappa shape index (κ3) is 1.77. The van der Waals surface area contributed by atoms with E-state index in [2.05, 4.69) is 0 Å². The van der Waals surface area contributed by atoms with Gasteiger partial charge in [-0.1, -0.05) is 11.6 Å². The van der Waals surface area contributed by atoms with Crippen LogP contribution in [0.3, 0.4) is 0 Å². The van der Waals surface area contributed by atoms with Crippen molar-refractivity contribution >= 4 is 10.9 Å². The molecule has 1 heterocycles. The van der Waals surface area contributed by atoms with E-state index >= 15 is 0 Å². The molecule has 1 aromatic carbocycles. The van der Waals surface area contributed by atoms with Crippen LogP contribution in [0.25, 0.3) is 10.9 Å². The number of aromatic nitrogens is 1. The van der Waals surface area contributed by atoms with Crippen molar-refractivity contribution in [1.82, 2.24) is 4.57 Å². The molecule has 2 aromatic rings. The van der Waals surface area contributed by atoms with E-state index in [0.29, 0.717) is 11.9 Å². The first-order valence-electron chi connectivity index (χ1n) is 4.88. The van der Waals surface area contributed by atoms with Gasteiger partial charge in [-0.3, -0.25) is 4.79 Å². The van der Waals surface area contributed by atoms with Gasteiger partial charge in [0.25, 0.3) is 0 Å². The minimum absolute atomic E-state index is 0.0104. The van der Waals surface area contributed by atoms with Gasteiger partial charge in [-0.15, -0.1) is 0 Å². The maximum Gasteiger partial charge on any atom is 0.189 e. The zero-order chi connectivity index (χ0) is 10.8. The van der Waals surface area contributed by atoms with Crippen molar-refractivity contribution in [1.29, 1.82) is 0 Å². The quantitative estimate of drug-likeness (QED) is 0.737. The van der Waals surface area contributed by atoms with E-state index in [4.69, 9.17) is 0 Å². The lowest BCUT2D eigenvalue weighted by Crippen LogP contribution is -2.09. The van der Waals surface area contributed by atoms with Gasteiger partial charge in [0.15, 0.2) is 5.43 Å². The highest BCUT2D eigenvalue weighted by molar-refractivity contribution is 5.79. The Bertz CT molecular complexity index is 545. The van der Waals surface area contributed by atoms with Crippen LogP contribution >= 0.6 is 0 Å². The molecule has 0 radical (unpaired) electrons. The predicted molar refractivity (Wildman–Crippen MR) is 58.9 cm³/mol. The molecule has 0 spiro atoms. The molecule has 0 N–H and O–H groups in total. The molecule has 0 atom stereocenters. The summed E-state index contributed by atoms with van der Waals surface area (Å²) in [5, 5.41) is 0.658. The summed E-state index contributed by atoms with van der Waals surface area (Å²) in [6.45, 7) is 1.80. The number of aryl methyl sites for hydroxylation is 2. The number of rotatable bonds is 2. The van der Waals surface area contributed by atoms with Crippen molar-refractivity contribution < 1.29 is 4.39 Å². The summed E-state index contributed by atoms with van der Waals surface area (Å²) in [4.78, 5) is 11.6. The fraction of sp³-hybridized carbons (Fsp3) is 0.250. The number of fused-ring (bicyclic) bond motifs is 1. The summed E-state index contributed by atoms with van der Waals surface area (Å²) in [5.74, 6) is 0. The zero-order valence-electron chi connectivity index (χ0n) is 8.53. The Balaban J connectivity index is 2.76. The molecular formula is C12H12FNO. The zero-order valence-corrected chi connectivity index (χ0v) is 8.53. The molecule has 78 valence electrons. The first kappa shape index (κ1) is 9.90. The van der Waals surface area contributed by atoms with E-state index in [9.17, 15) is 9.18 Å². The summed E-state index contributed by atoms with van der Waals surface area (Å²) in [6, 6.07) is 7.11. The number of alkyl halides is 1. The molecule has 0 saturated heterocycles. The van der Waals surface area contributed by atoms with E-state index in [1.54, 1.807) is 10.8 Å². The standard InChI is InChI=1S/C12H12FNO/c1-9-2-3-11-10(8-9)12(15)4-6-14(11)7-5-13/h2-4,6,8H,5,7H2,1H3. The average molecular weight is 205 g/mol. The van der Waals surface area contributed by atoms with Crippen LogP contribution < -0.4 is 5.43 Å². The van der Waals surface area contributed by atoms with E-state index in [0.717, 1.165) is 11.1 Å². The highest BCUT2D eigenvalue weighted by atomic mass is 19.1. The monoisotopic (exact) mass is 205 g/mol. The van der Waals surface area contributed by atoms with Crippen LogP contribution in [0, 0.1) is 6.92 Å². The van der Waals surface area contributed by atoms with Gasteiger partial charge < -0.3 is 4.57 Å². The molecule has 0 saturated carbocycles. The lowest BCUT2D eigenvalue weighted by Gasteiger charge is -2.08. The van der Waals surface area contributed by atoms with Crippen molar-refractivity contribution in [2.75, 3.05) is 6.67 Å². The second-order valence-corrected chi connectivity index (χ2v) is 3.58. The molecule has 3 heteroatoms.